The van der Waals surface area contributed by atoms with Crippen LogP contribution < -0.4 is 9.13 Å². The zero-order valence-electron chi connectivity index (χ0n) is 10.8. The third kappa shape index (κ3) is 3.48. The molecule has 1 rings (SSSR count). The number of nitrogens with zero attached hydrogens (tertiary/aromatic N) is 2. The van der Waals surface area contributed by atoms with Crippen molar-refractivity contribution in [3.63, 3.8) is 0 Å². The number of rotatable bonds is 4. The summed E-state index contributed by atoms with van der Waals surface area (Å²) >= 11 is 0. The van der Waals surface area contributed by atoms with E-state index in [4.69, 9.17) is 9.11 Å². The minimum absolute atomic E-state index is 0.244. The quantitative estimate of drug-likeness (QED) is 0.285. The summed E-state index contributed by atoms with van der Waals surface area (Å²) in [6.45, 7) is 6.19. The maximum atomic E-state index is 11.6. The summed E-state index contributed by atoms with van der Waals surface area (Å²) in [4.78, 5) is 23.2. The Labute approximate surface area is 125 Å². The van der Waals surface area contributed by atoms with E-state index >= 15 is 0 Å². The highest BCUT2D eigenvalue weighted by atomic mass is 32.2. The van der Waals surface area contributed by atoms with Crippen LogP contribution in [-0.2, 0) is 20.2 Å². The van der Waals surface area contributed by atoms with Crippen molar-refractivity contribution in [1.82, 2.24) is 0 Å². The van der Waals surface area contributed by atoms with E-state index in [0.717, 1.165) is 0 Å². The maximum Gasteiger partial charge on any atom is 0.426 e. The normalized spacial score (nSPS) is 11.7. The van der Waals surface area contributed by atoms with Gasteiger partial charge in [0.1, 0.15) is 6.07 Å². The topological polar surface area (TPSA) is 151 Å². The van der Waals surface area contributed by atoms with Crippen molar-refractivity contribution in [3.8, 4) is 0 Å². The van der Waals surface area contributed by atoms with Crippen molar-refractivity contribution in [3.05, 3.63) is 37.7 Å². The van der Waals surface area contributed by atoms with Gasteiger partial charge in [-0.25, -0.2) is 9.59 Å². The molecule has 0 aromatic carbocycles. The van der Waals surface area contributed by atoms with Gasteiger partial charge in [0, 0.05) is 12.2 Å². The molecule has 22 heavy (non-hydrogen) atoms. The zero-order chi connectivity index (χ0) is 17.3. The summed E-state index contributed by atoms with van der Waals surface area (Å²) in [5, 5.41) is -2.36. The second-order valence-electron chi connectivity index (χ2n) is 3.71. The lowest BCUT2D eigenvalue weighted by molar-refractivity contribution is -0.750. The van der Waals surface area contributed by atoms with E-state index in [9.17, 15) is 26.4 Å². The largest absolute Gasteiger partial charge is 0.426 e. The van der Waals surface area contributed by atoms with Crippen molar-refractivity contribution in [2.75, 3.05) is 0 Å². The lowest BCUT2D eigenvalue weighted by Gasteiger charge is -1.99. The van der Waals surface area contributed by atoms with Gasteiger partial charge >= 0.3 is 48.4 Å². The Bertz CT molecular complexity index is 828. The summed E-state index contributed by atoms with van der Waals surface area (Å²) < 4.78 is 63.7. The van der Waals surface area contributed by atoms with Gasteiger partial charge in [0.05, 0.1) is 0 Å². The first-order chi connectivity index (χ1) is 9.93. The van der Waals surface area contributed by atoms with Crippen molar-refractivity contribution in [2.24, 2.45) is 0 Å². The van der Waals surface area contributed by atoms with Gasteiger partial charge in [-0.15, -0.1) is 0 Å². The van der Waals surface area contributed by atoms with Crippen molar-refractivity contribution in [1.29, 1.82) is 0 Å². The molecule has 0 bridgehead atoms. The van der Waals surface area contributed by atoms with Gasteiger partial charge in [0.25, 0.3) is 0 Å². The molecule has 0 saturated heterocycles. The lowest BCUT2D eigenvalue weighted by atomic mass is 10.5. The molecule has 1 heterocycles. The molecule has 0 spiro atoms. The highest BCUT2D eigenvalue weighted by molar-refractivity contribution is 7.86. The second kappa shape index (κ2) is 5.84. The summed E-state index contributed by atoms with van der Waals surface area (Å²) in [6, 6.07) is 0.244. The molecule has 0 unspecified atom stereocenters. The van der Waals surface area contributed by atoms with E-state index in [0.29, 0.717) is 18.5 Å². The van der Waals surface area contributed by atoms with Crippen LogP contribution in [0, 0.1) is 0 Å². The van der Waals surface area contributed by atoms with Crippen LogP contribution in [-0.4, -0.2) is 37.8 Å². The Morgan fingerprint density at radius 1 is 0.909 bits per heavy atom. The van der Waals surface area contributed by atoms with Gasteiger partial charge in [-0.3, -0.25) is 9.11 Å². The molecule has 0 atom stereocenters. The molecule has 12 heteroatoms. The Balaban J connectivity index is 4.05. The van der Waals surface area contributed by atoms with Gasteiger partial charge in [-0.2, -0.15) is 16.8 Å². The van der Waals surface area contributed by atoms with E-state index in [-0.39, 0.29) is 15.2 Å². The molecule has 118 valence electrons. The molecule has 2 N–H and O–H groups in total. The predicted octanol–water partition coefficient (Wildman–Crippen LogP) is -1.59. The zero-order valence-corrected chi connectivity index (χ0v) is 12.4. The number of carbonyl (C=O) groups is 2. The van der Waals surface area contributed by atoms with Crippen LogP contribution in [0.15, 0.2) is 47.8 Å². The standard InChI is InChI=1S/C10H8N2O8S2/c1-3-7(13)11-6-12(8(14)4-2)10(22(18,19)20)5-9(11)21(15,16)17/h3-6H,1-2H2/p+2. The molecule has 0 aliphatic heterocycles. The van der Waals surface area contributed by atoms with Gasteiger partial charge in [0.15, 0.2) is 0 Å². The first-order valence-electron chi connectivity index (χ1n) is 5.23. The highest BCUT2D eigenvalue weighted by Crippen LogP contribution is 2.08. The van der Waals surface area contributed by atoms with E-state index in [1.807, 2.05) is 0 Å². The fraction of sp³-hybridized carbons (Fsp3) is 0. The van der Waals surface area contributed by atoms with E-state index in [2.05, 4.69) is 13.2 Å². The first-order valence-corrected chi connectivity index (χ1v) is 8.11. The maximum absolute atomic E-state index is 11.6. The number of allylic oxidation sites excluding steroid dienone is 2. The Kier molecular flexibility index (Phi) is 4.72. The molecule has 0 radical (unpaired) electrons. The van der Waals surface area contributed by atoms with Crippen molar-refractivity contribution in [2.45, 2.75) is 10.1 Å². The van der Waals surface area contributed by atoms with E-state index < -0.39 is 42.1 Å². The van der Waals surface area contributed by atoms with Crippen LogP contribution in [0.3, 0.4) is 0 Å². The smallest absolute Gasteiger partial charge is 0.277 e. The Morgan fingerprint density at radius 3 is 1.45 bits per heavy atom. The van der Waals surface area contributed by atoms with Gasteiger partial charge < -0.3 is 0 Å². The lowest BCUT2D eigenvalue weighted by Crippen LogP contribution is -2.58. The fourth-order valence-electron chi connectivity index (χ4n) is 1.40. The molecule has 1 aromatic heterocycles. The second-order valence-corrected chi connectivity index (χ2v) is 6.45. The van der Waals surface area contributed by atoms with E-state index in [1.54, 1.807) is 0 Å². The average molecular weight is 350 g/mol. The number of hydrogen-bond acceptors (Lipinski definition) is 6. The molecular formula is C10H10N2O8S2+2. The van der Waals surface area contributed by atoms with Crippen molar-refractivity contribution < 1.29 is 44.7 Å². The monoisotopic (exact) mass is 350 g/mol. The molecule has 0 fully saturated rings. The minimum Gasteiger partial charge on any atom is -0.277 e. The highest BCUT2D eigenvalue weighted by Gasteiger charge is 2.40. The molecule has 0 amide bonds. The first kappa shape index (κ1) is 17.8. The van der Waals surface area contributed by atoms with Crippen LogP contribution in [0.5, 0.6) is 0 Å². The SMILES string of the molecule is C=CC(=O)[n+]1c[n+](C(=O)C=C)c(S(=O)(=O)O)cc1S(=O)(=O)O. The van der Waals surface area contributed by atoms with E-state index in [1.165, 1.54) is 0 Å². The van der Waals surface area contributed by atoms with Crippen LogP contribution >= 0.6 is 0 Å². The molecule has 1 aromatic rings. The van der Waals surface area contributed by atoms with Crippen LogP contribution in [0.2, 0.25) is 0 Å². The van der Waals surface area contributed by atoms with Crippen LogP contribution in [0.4, 0.5) is 0 Å². The van der Waals surface area contributed by atoms with Crippen LogP contribution in [0.1, 0.15) is 9.59 Å². The van der Waals surface area contributed by atoms with Crippen molar-refractivity contribution >= 4 is 32.1 Å². The molecule has 10 nitrogen and oxygen atoms in total. The average Bonchev–Trinajstić information content (AvgIpc) is 2.42. The van der Waals surface area contributed by atoms with Crippen LogP contribution in [0.25, 0.3) is 0 Å². The summed E-state index contributed by atoms with van der Waals surface area (Å²) in [6.07, 6.45) is 1.77. The number of aromatic nitrogens is 2. The summed E-state index contributed by atoms with van der Waals surface area (Å²) in [7, 11) is -10.1. The molecule has 0 aliphatic rings. The Hall–Kier alpha value is -2.28. The van der Waals surface area contributed by atoms with Gasteiger partial charge in [-0.05, 0) is 0 Å². The molecular weight excluding hydrogens is 340 g/mol. The minimum atomic E-state index is -5.05. The predicted molar refractivity (Wildman–Crippen MR) is 68.1 cm³/mol. The van der Waals surface area contributed by atoms with Gasteiger partial charge in [0.2, 0.25) is 0 Å². The number of hydrogen-bond donors (Lipinski definition) is 2. The van der Waals surface area contributed by atoms with Gasteiger partial charge in [-0.1, -0.05) is 22.3 Å². The Morgan fingerprint density at radius 2 is 1.23 bits per heavy atom. The molecule has 0 aliphatic carbocycles. The third-order valence-electron chi connectivity index (χ3n) is 2.31. The summed E-state index contributed by atoms with van der Waals surface area (Å²) in [5.74, 6) is -2.17. The number of carbonyl (C=O) groups excluding carboxylic acids is 2. The third-order valence-corrected chi connectivity index (χ3v) is 3.99. The fourth-order valence-corrected chi connectivity index (χ4v) is 2.77. The summed E-state index contributed by atoms with van der Waals surface area (Å²) in [5.41, 5.74) is 0. The molecule has 0 saturated carbocycles.